The minimum absolute atomic E-state index is 0.0548. The van der Waals surface area contributed by atoms with Crippen LogP contribution in [0, 0.1) is 0 Å². The predicted octanol–water partition coefficient (Wildman–Crippen LogP) is 3.18. The number of ether oxygens (including phenoxy) is 2. The predicted molar refractivity (Wildman–Crippen MR) is 76.8 cm³/mol. The summed E-state index contributed by atoms with van der Waals surface area (Å²) < 4.78 is 10.3. The molecule has 2 aromatic rings. The number of rotatable bonds is 5. The van der Waals surface area contributed by atoms with Gasteiger partial charge in [0.25, 0.3) is 0 Å². The van der Waals surface area contributed by atoms with Gasteiger partial charge in [-0.05, 0) is 23.8 Å². The molecule has 0 N–H and O–H groups in total. The fourth-order valence-corrected chi connectivity index (χ4v) is 2.16. The first-order valence-electron chi connectivity index (χ1n) is 5.99. The molecule has 20 heavy (non-hydrogen) atoms. The fraction of sp³-hybridized carbons (Fsp3) is 0.200. The monoisotopic (exact) mass is 291 g/mol. The molecule has 4 nitrogen and oxygen atoms in total. The molecule has 104 valence electrons. The second kappa shape index (κ2) is 6.39. The molecule has 0 aliphatic heterocycles. The van der Waals surface area contributed by atoms with Crippen molar-refractivity contribution in [1.29, 1.82) is 0 Å². The Bertz CT molecular complexity index is 614. The molecule has 5 heteroatoms. The number of nitrogens with zero attached hydrogens (tertiary/aromatic N) is 1. The number of ketones is 1. The Labute approximate surface area is 122 Å². The van der Waals surface area contributed by atoms with Crippen molar-refractivity contribution < 1.29 is 14.3 Å². The van der Waals surface area contributed by atoms with Gasteiger partial charge in [0.1, 0.15) is 0 Å². The van der Waals surface area contributed by atoms with Crippen LogP contribution >= 0.6 is 11.6 Å². The van der Waals surface area contributed by atoms with Crippen LogP contribution < -0.4 is 9.47 Å². The highest BCUT2D eigenvalue weighted by atomic mass is 35.5. The molecular weight excluding hydrogens is 278 g/mol. The molecule has 0 radical (unpaired) electrons. The van der Waals surface area contributed by atoms with E-state index in [-0.39, 0.29) is 12.2 Å². The zero-order chi connectivity index (χ0) is 14.5. The van der Waals surface area contributed by atoms with E-state index < -0.39 is 0 Å². The van der Waals surface area contributed by atoms with Crippen molar-refractivity contribution in [2.24, 2.45) is 0 Å². The van der Waals surface area contributed by atoms with Gasteiger partial charge >= 0.3 is 0 Å². The summed E-state index contributed by atoms with van der Waals surface area (Å²) >= 11 is 6.09. The van der Waals surface area contributed by atoms with Gasteiger partial charge in [0.2, 0.25) is 0 Å². The molecule has 0 unspecified atom stereocenters. The van der Waals surface area contributed by atoms with Crippen LogP contribution in [-0.2, 0) is 6.42 Å². The molecule has 0 aliphatic carbocycles. The fourth-order valence-electron chi connectivity index (χ4n) is 1.87. The summed E-state index contributed by atoms with van der Waals surface area (Å²) in [5.41, 5.74) is 1.33. The number of halogens is 1. The van der Waals surface area contributed by atoms with Gasteiger partial charge < -0.3 is 9.47 Å². The number of hydrogen-bond acceptors (Lipinski definition) is 4. The summed E-state index contributed by atoms with van der Waals surface area (Å²) in [7, 11) is 3.00. The Balaban J connectivity index is 2.29. The van der Waals surface area contributed by atoms with Gasteiger partial charge in [-0.15, -0.1) is 0 Å². The zero-order valence-electron chi connectivity index (χ0n) is 11.2. The molecule has 1 aromatic heterocycles. The summed E-state index contributed by atoms with van der Waals surface area (Å²) in [5, 5.41) is 0.349. The van der Waals surface area contributed by atoms with Crippen LogP contribution in [0.4, 0.5) is 0 Å². The van der Waals surface area contributed by atoms with Crippen LogP contribution in [0.3, 0.4) is 0 Å². The van der Waals surface area contributed by atoms with Crippen LogP contribution in [0.25, 0.3) is 0 Å². The Hall–Kier alpha value is -2.07. The van der Waals surface area contributed by atoms with Gasteiger partial charge in [-0.2, -0.15) is 0 Å². The van der Waals surface area contributed by atoms with Gasteiger partial charge in [0.15, 0.2) is 17.3 Å². The first-order valence-corrected chi connectivity index (χ1v) is 6.37. The Morgan fingerprint density at radius 2 is 2.10 bits per heavy atom. The number of carbonyl (C=O) groups is 1. The summed E-state index contributed by atoms with van der Waals surface area (Å²) in [4.78, 5) is 16.2. The molecule has 2 rings (SSSR count). The average Bonchev–Trinajstić information content (AvgIpc) is 2.47. The minimum atomic E-state index is -0.0548. The largest absolute Gasteiger partial charge is 0.493 e. The smallest absolute Gasteiger partial charge is 0.179 e. The van der Waals surface area contributed by atoms with Crippen molar-refractivity contribution in [2.75, 3.05) is 14.2 Å². The number of benzene rings is 1. The van der Waals surface area contributed by atoms with Crippen molar-refractivity contribution in [1.82, 2.24) is 4.98 Å². The Kier molecular flexibility index (Phi) is 4.58. The summed E-state index contributed by atoms with van der Waals surface area (Å²) in [6, 6.07) is 6.86. The number of carbonyl (C=O) groups excluding carboxylic acids is 1. The lowest BCUT2D eigenvalue weighted by molar-refractivity contribution is 0.0992. The van der Waals surface area contributed by atoms with E-state index in [1.165, 1.54) is 14.2 Å². The summed E-state index contributed by atoms with van der Waals surface area (Å²) in [6.45, 7) is 0. The van der Waals surface area contributed by atoms with Crippen LogP contribution in [-0.4, -0.2) is 25.0 Å². The topological polar surface area (TPSA) is 48.4 Å². The maximum atomic E-state index is 12.3. The summed E-state index contributed by atoms with van der Waals surface area (Å²) in [5.74, 6) is 0.808. The van der Waals surface area contributed by atoms with E-state index in [2.05, 4.69) is 4.98 Å². The van der Waals surface area contributed by atoms with Gasteiger partial charge in [-0.1, -0.05) is 17.7 Å². The molecular formula is C15H14ClNO3. The zero-order valence-corrected chi connectivity index (χ0v) is 12.0. The highest BCUT2D eigenvalue weighted by molar-refractivity contribution is 6.32. The Morgan fingerprint density at radius 1 is 1.30 bits per heavy atom. The lowest BCUT2D eigenvalue weighted by atomic mass is 10.0. The van der Waals surface area contributed by atoms with Crippen molar-refractivity contribution in [2.45, 2.75) is 6.42 Å². The molecule has 0 atom stereocenters. The van der Waals surface area contributed by atoms with E-state index in [0.29, 0.717) is 22.1 Å². The van der Waals surface area contributed by atoms with E-state index in [4.69, 9.17) is 21.1 Å². The first kappa shape index (κ1) is 14.3. The quantitative estimate of drug-likeness (QED) is 0.794. The van der Waals surface area contributed by atoms with E-state index in [1.807, 2.05) is 6.07 Å². The van der Waals surface area contributed by atoms with Crippen LogP contribution in [0.2, 0.25) is 5.02 Å². The first-order chi connectivity index (χ1) is 9.65. The molecule has 0 saturated carbocycles. The standard InChI is InChI=1S/C15H14ClNO3/c1-19-14-8-11(7-12(16)15(14)20-2)13(18)6-10-4-3-5-17-9-10/h3-5,7-9H,6H2,1-2H3. The molecule has 0 fully saturated rings. The summed E-state index contributed by atoms with van der Waals surface area (Å²) in [6.07, 6.45) is 3.60. The number of aromatic nitrogens is 1. The third kappa shape index (κ3) is 3.08. The molecule has 1 aromatic carbocycles. The van der Waals surface area contributed by atoms with Crippen molar-refractivity contribution in [3.63, 3.8) is 0 Å². The van der Waals surface area contributed by atoms with Crippen LogP contribution in [0.1, 0.15) is 15.9 Å². The Morgan fingerprint density at radius 3 is 2.70 bits per heavy atom. The molecule has 1 heterocycles. The molecule has 0 spiro atoms. The van der Waals surface area contributed by atoms with Crippen molar-refractivity contribution in [3.05, 3.63) is 52.8 Å². The van der Waals surface area contributed by atoms with Crippen LogP contribution in [0.5, 0.6) is 11.5 Å². The molecule has 0 aliphatic rings. The van der Waals surface area contributed by atoms with E-state index in [1.54, 1.807) is 30.6 Å². The molecule has 0 saturated heterocycles. The molecule has 0 amide bonds. The second-order valence-corrected chi connectivity index (χ2v) is 4.56. The number of methoxy groups -OCH3 is 2. The average molecular weight is 292 g/mol. The molecule has 0 bridgehead atoms. The van der Waals surface area contributed by atoms with Gasteiger partial charge in [-0.3, -0.25) is 9.78 Å². The second-order valence-electron chi connectivity index (χ2n) is 4.15. The minimum Gasteiger partial charge on any atom is -0.493 e. The normalized spacial score (nSPS) is 10.2. The third-order valence-electron chi connectivity index (χ3n) is 2.84. The van der Waals surface area contributed by atoms with Gasteiger partial charge in [0, 0.05) is 24.4 Å². The SMILES string of the molecule is COc1cc(C(=O)Cc2cccnc2)cc(Cl)c1OC. The maximum Gasteiger partial charge on any atom is 0.179 e. The van der Waals surface area contributed by atoms with Gasteiger partial charge in [-0.25, -0.2) is 0 Å². The van der Waals surface area contributed by atoms with E-state index >= 15 is 0 Å². The van der Waals surface area contributed by atoms with Crippen LogP contribution in [0.15, 0.2) is 36.7 Å². The lowest BCUT2D eigenvalue weighted by Crippen LogP contribution is -2.05. The number of pyridine rings is 1. The lowest BCUT2D eigenvalue weighted by Gasteiger charge is -2.11. The van der Waals surface area contributed by atoms with Crippen molar-refractivity contribution >= 4 is 17.4 Å². The van der Waals surface area contributed by atoms with Crippen molar-refractivity contribution in [3.8, 4) is 11.5 Å². The highest BCUT2D eigenvalue weighted by Crippen LogP contribution is 2.36. The van der Waals surface area contributed by atoms with E-state index in [9.17, 15) is 4.79 Å². The highest BCUT2D eigenvalue weighted by Gasteiger charge is 2.15. The maximum absolute atomic E-state index is 12.3. The number of Topliss-reactive ketones (excluding diaryl/α,β-unsaturated/α-hetero) is 1. The third-order valence-corrected chi connectivity index (χ3v) is 3.12. The van der Waals surface area contributed by atoms with E-state index in [0.717, 1.165) is 5.56 Å². The van der Waals surface area contributed by atoms with Gasteiger partial charge in [0.05, 0.1) is 19.2 Å². The number of hydrogen-bond donors (Lipinski definition) is 0.